The van der Waals surface area contributed by atoms with Crippen LogP contribution in [0.25, 0.3) is 17.3 Å². The van der Waals surface area contributed by atoms with E-state index in [9.17, 15) is 0 Å². The van der Waals surface area contributed by atoms with Crippen molar-refractivity contribution in [1.82, 2.24) is 34.8 Å². The molecule has 0 radical (unpaired) electrons. The van der Waals surface area contributed by atoms with Crippen molar-refractivity contribution in [3.05, 3.63) is 18.6 Å². The molecule has 3 heterocycles. The average molecular weight is 202 g/mol. The molecule has 74 valence electrons. The number of aromatic nitrogens is 7. The van der Waals surface area contributed by atoms with Crippen LogP contribution in [0.1, 0.15) is 0 Å². The van der Waals surface area contributed by atoms with Gasteiger partial charge in [-0.2, -0.15) is 4.98 Å². The first-order valence-electron chi connectivity index (χ1n) is 4.17. The predicted octanol–water partition coefficient (Wildman–Crippen LogP) is -0.508. The molecule has 0 saturated heterocycles. The van der Waals surface area contributed by atoms with E-state index < -0.39 is 0 Å². The van der Waals surface area contributed by atoms with Crippen molar-refractivity contribution in [2.45, 2.75) is 0 Å². The number of rotatable bonds is 1. The first-order valence-corrected chi connectivity index (χ1v) is 4.17. The van der Waals surface area contributed by atoms with Gasteiger partial charge in [0, 0.05) is 12.3 Å². The number of anilines is 1. The Morgan fingerprint density at radius 3 is 3.07 bits per heavy atom. The summed E-state index contributed by atoms with van der Waals surface area (Å²) in [7, 11) is 0. The van der Waals surface area contributed by atoms with E-state index in [-0.39, 0.29) is 5.95 Å². The third-order valence-electron chi connectivity index (χ3n) is 1.93. The summed E-state index contributed by atoms with van der Waals surface area (Å²) in [5.74, 6) is 1.17. The van der Waals surface area contributed by atoms with Crippen molar-refractivity contribution in [2.75, 3.05) is 5.73 Å². The molecule has 3 aromatic heterocycles. The Kier molecular flexibility index (Phi) is 1.43. The lowest BCUT2D eigenvalue weighted by molar-refractivity contribution is 1.03. The monoisotopic (exact) mass is 202 g/mol. The molecule has 0 spiro atoms. The van der Waals surface area contributed by atoms with Gasteiger partial charge in [-0.25, -0.2) is 4.98 Å². The summed E-state index contributed by atoms with van der Waals surface area (Å²) in [6.07, 6.45) is 3.24. The van der Waals surface area contributed by atoms with Gasteiger partial charge in [0.1, 0.15) is 6.33 Å². The second-order valence-corrected chi connectivity index (χ2v) is 2.87. The Morgan fingerprint density at radius 2 is 2.27 bits per heavy atom. The lowest BCUT2D eigenvalue weighted by Gasteiger charge is -1.92. The van der Waals surface area contributed by atoms with Crippen molar-refractivity contribution >= 4 is 11.6 Å². The molecule has 0 atom stereocenters. The molecule has 3 aromatic rings. The van der Waals surface area contributed by atoms with Crippen LogP contribution in [0, 0.1) is 0 Å². The zero-order valence-electron chi connectivity index (χ0n) is 7.49. The number of nitrogens with two attached hydrogens (primary N) is 1. The van der Waals surface area contributed by atoms with Crippen LogP contribution >= 0.6 is 0 Å². The Morgan fingerprint density at radius 1 is 1.33 bits per heavy atom. The lowest BCUT2D eigenvalue weighted by Crippen LogP contribution is -1.92. The number of nitrogens with one attached hydrogen (secondary N) is 1. The number of hydrogen-bond acceptors (Lipinski definition) is 6. The molecule has 8 heteroatoms. The summed E-state index contributed by atoms with van der Waals surface area (Å²) in [5, 5.41) is 14.3. The highest BCUT2D eigenvalue weighted by molar-refractivity contribution is 5.51. The van der Waals surface area contributed by atoms with E-state index in [1.54, 1.807) is 23.0 Å². The smallest absolute Gasteiger partial charge is 0.239 e. The number of fused-ring (bicyclic) bond motifs is 1. The van der Waals surface area contributed by atoms with Crippen LogP contribution < -0.4 is 5.73 Å². The first kappa shape index (κ1) is 7.85. The van der Waals surface area contributed by atoms with Crippen molar-refractivity contribution in [2.24, 2.45) is 0 Å². The Labute approximate surface area is 83.2 Å². The van der Waals surface area contributed by atoms with Gasteiger partial charge in [-0.1, -0.05) is 0 Å². The highest BCUT2D eigenvalue weighted by Crippen LogP contribution is 2.12. The lowest BCUT2D eigenvalue weighted by atomic mass is 10.5. The molecule has 0 aliphatic carbocycles. The van der Waals surface area contributed by atoms with E-state index in [1.807, 2.05) is 0 Å². The van der Waals surface area contributed by atoms with Crippen LogP contribution in [0.2, 0.25) is 0 Å². The van der Waals surface area contributed by atoms with Gasteiger partial charge in [-0.3, -0.25) is 9.50 Å². The first-order chi connectivity index (χ1) is 7.34. The van der Waals surface area contributed by atoms with Crippen LogP contribution in [0.5, 0.6) is 0 Å². The molecule has 0 aromatic carbocycles. The molecule has 3 N–H and O–H groups in total. The molecule has 0 fully saturated rings. The van der Waals surface area contributed by atoms with Gasteiger partial charge in [0.25, 0.3) is 0 Å². The fraction of sp³-hybridized carbons (Fsp3) is 0. The maximum absolute atomic E-state index is 5.40. The summed E-state index contributed by atoms with van der Waals surface area (Å²) in [6.45, 7) is 0. The molecule has 0 aliphatic rings. The number of nitrogen functional groups attached to an aromatic ring is 1. The minimum Gasteiger partial charge on any atom is -0.366 e. The zero-order chi connectivity index (χ0) is 10.3. The Bertz CT molecular complexity index is 608. The minimum atomic E-state index is 0.172. The standard InChI is InChI=1S/C7H6N8/c8-7-10-5(12-14-7)6-13-11-4-1-2-9-3-15(4)6/h1-3H,(H3,8,10,12,14). The molecule has 8 nitrogen and oxygen atoms in total. The molecular weight excluding hydrogens is 196 g/mol. The van der Waals surface area contributed by atoms with E-state index >= 15 is 0 Å². The molecule has 0 aliphatic heterocycles. The minimum absolute atomic E-state index is 0.172. The predicted molar refractivity (Wildman–Crippen MR) is 50.6 cm³/mol. The van der Waals surface area contributed by atoms with Crippen LogP contribution in [-0.2, 0) is 0 Å². The number of aromatic amines is 1. The third kappa shape index (κ3) is 1.11. The molecule has 15 heavy (non-hydrogen) atoms. The highest BCUT2D eigenvalue weighted by Gasteiger charge is 2.11. The number of nitrogens with zero attached hydrogens (tertiary/aromatic N) is 6. The Balaban J connectivity index is 2.27. The third-order valence-corrected chi connectivity index (χ3v) is 1.93. The van der Waals surface area contributed by atoms with Crippen LogP contribution in [-0.4, -0.2) is 34.8 Å². The normalized spacial score (nSPS) is 10.9. The van der Waals surface area contributed by atoms with E-state index in [4.69, 9.17) is 5.73 Å². The van der Waals surface area contributed by atoms with E-state index in [0.29, 0.717) is 17.3 Å². The fourth-order valence-electron chi connectivity index (χ4n) is 1.28. The van der Waals surface area contributed by atoms with Gasteiger partial charge in [0.2, 0.25) is 11.8 Å². The van der Waals surface area contributed by atoms with Crippen molar-refractivity contribution in [1.29, 1.82) is 0 Å². The van der Waals surface area contributed by atoms with Gasteiger partial charge in [0.05, 0.1) is 0 Å². The molecule has 3 rings (SSSR count). The largest absolute Gasteiger partial charge is 0.366 e. The van der Waals surface area contributed by atoms with Crippen molar-refractivity contribution in [3.8, 4) is 11.6 Å². The summed E-state index contributed by atoms with van der Waals surface area (Å²) in [5.41, 5.74) is 6.09. The number of hydrogen-bond donors (Lipinski definition) is 2. The van der Waals surface area contributed by atoms with Gasteiger partial charge < -0.3 is 5.73 Å². The van der Waals surface area contributed by atoms with Crippen LogP contribution in [0.4, 0.5) is 5.95 Å². The number of H-pyrrole nitrogens is 1. The zero-order valence-corrected chi connectivity index (χ0v) is 7.49. The van der Waals surface area contributed by atoms with Gasteiger partial charge in [-0.05, 0) is 0 Å². The summed E-state index contributed by atoms with van der Waals surface area (Å²) >= 11 is 0. The maximum atomic E-state index is 5.40. The van der Waals surface area contributed by atoms with Gasteiger partial charge in [-0.15, -0.1) is 15.3 Å². The van der Waals surface area contributed by atoms with Crippen molar-refractivity contribution in [3.63, 3.8) is 0 Å². The van der Waals surface area contributed by atoms with E-state index in [1.165, 1.54) is 0 Å². The average Bonchev–Trinajstić information content (AvgIpc) is 2.83. The van der Waals surface area contributed by atoms with Crippen LogP contribution in [0.15, 0.2) is 18.6 Å². The summed E-state index contributed by atoms with van der Waals surface area (Å²) in [6, 6.07) is 1.75. The maximum Gasteiger partial charge on any atom is 0.239 e. The molecule has 0 saturated carbocycles. The molecule has 0 bridgehead atoms. The summed E-state index contributed by atoms with van der Waals surface area (Å²) < 4.78 is 1.69. The molecular formula is C7H6N8. The highest BCUT2D eigenvalue weighted by atomic mass is 15.3. The van der Waals surface area contributed by atoms with Crippen molar-refractivity contribution < 1.29 is 0 Å². The van der Waals surface area contributed by atoms with Crippen LogP contribution in [0.3, 0.4) is 0 Å². The second-order valence-electron chi connectivity index (χ2n) is 2.87. The van der Waals surface area contributed by atoms with Gasteiger partial charge >= 0.3 is 0 Å². The molecule has 0 amide bonds. The quantitative estimate of drug-likeness (QED) is 0.549. The topological polar surface area (TPSA) is 111 Å². The van der Waals surface area contributed by atoms with E-state index in [0.717, 1.165) is 0 Å². The SMILES string of the molecule is Nc1n[nH]c(-c2nnc3ccncn23)n1. The summed E-state index contributed by atoms with van der Waals surface area (Å²) in [4.78, 5) is 7.93. The fourth-order valence-corrected chi connectivity index (χ4v) is 1.28. The molecule has 0 unspecified atom stereocenters. The second kappa shape index (κ2) is 2.74. The van der Waals surface area contributed by atoms with E-state index in [2.05, 4.69) is 30.4 Å². The van der Waals surface area contributed by atoms with Gasteiger partial charge in [0.15, 0.2) is 11.5 Å². The Hall–Kier alpha value is -2.51.